The van der Waals surface area contributed by atoms with Crippen LogP contribution in [0, 0.1) is 0 Å². The van der Waals surface area contributed by atoms with Crippen molar-refractivity contribution in [1.82, 2.24) is 16.0 Å². The lowest BCUT2D eigenvalue weighted by atomic mass is 10.1. The van der Waals surface area contributed by atoms with Crippen LogP contribution in [0.25, 0.3) is 0 Å². The molecule has 0 unspecified atom stereocenters. The molecule has 2 amide bonds. The van der Waals surface area contributed by atoms with Crippen LogP contribution in [0.2, 0.25) is 0 Å². The van der Waals surface area contributed by atoms with Gasteiger partial charge >= 0.3 is 5.91 Å². The summed E-state index contributed by atoms with van der Waals surface area (Å²) in [5.41, 5.74) is 2.26. The van der Waals surface area contributed by atoms with Crippen LogP contribution in [0.4, 0.5) is 0 Å². The Hall–Kier alpha value is -2.87. The molecule has 3 N–H and O–H groups in total. The second kappa shape index (κ2) is 6.72. The molecule has 1 aromatic carbocycles. The first-order valence-corrected chi connectivity index (χ1v) is 6.41. The summed E-state index contributed by atoms with van der Waals surface area (Å²) in [5, 5.41) is 14.9. The fourth-order valence-electron chi connectivity index (χ4n) is 1.75. The van der Waals surface area contributed by atoms with Crippen molar-refractivity contribution < 1.29 is 24.1 Å². The maximum Gasteiger partial charge on any atom is 0.313 e. The van der Waals surface area contributed by atoms with E-state index in [1.807, 2.05) is 0 Å². The second-order valence-corrected chi connectivity index (χ2v) is 4.48. The topological polar surface area (TPSA) is 114 Å². The molecule has 1 aromatic heterocycles. The van der Waals surface area contributed by atoms with Crippen molar-refractivity contribution in [1.29, 1.82) is 0 Å². The van der Waals surface area contributed by atoms with Crippen LogP contribution in [-0.4, -0.2) is 29.3 Å². The van der Waals surface area contributed by atoms with Gasteiger partial charge in [0, 0.05) is 11.6 Å². The molecule has 1 heterocycles. The number of amides is 2. The number of hydroxylamine groups is 1. The molecule has 0 bridgehead atoms. The minimum Gasteiger partial charge on any atom is -0.497 e. The van der Waals surface area contributed by atoms with Crippen LogP contribution >= 0.6 is 0 Å². The molecule has 2 aromatic rings. The Morgan fingerprint density at radius 2 is 1.95 bits per heavy atom. The Bertz CT molecular complexity index is 665. The molecule has 0 saturated heterocycles. The third-order valence-corrected chi connectivity index (χ3v) is 3.00. The normalized spacial score (nSPS) is 11.6. The van der Waals surface area contributed by atoms with Gasteiger partial charge in [0.15, 0.2) is 0 Å². The number of nitrogens with one attached hydrogen (secondary N) is 2. The van der Waals surface area contributed by atoms with Crippen molar-refractivity contribution in [2.24, 2.45) is 0 Å². The molecule has 22 heavy (non-hydrogen) atoms. The van der Waals surface area contributed by atoms with E-state index < -0.39 is 11.9 Å². The van der Waals surface area contributed by atoms with Crippen molar-refractivity contribution in [2.45, 2.75) is 13.0 Å². The fraction of sp³-hybridized carbons (Fsp3) is 0.214. The molecule has 8 nitrogen and oxygen atoms in total. The van der Waals surface area contributed by atoms with E-state index in [4.69, 9.17) is 14.5 Å². The fourth-order valence-corrected chi connectivity index (χ4v) is 1.75. The van der Waals surface area contributed by atoms with Gasteiger partial charge in [0.05, 0.1) is 13.2 Å². The van der Waals surface area contributed by atoms with E-state index >= 15 is 0 Å². The lowest BCUT2D eigenvalue weighted by molar-refractivity contribution is 0.0666. The van der Waals surface area contributed by atoms with Crippen LogP contribution < -0.4 is 15.5 Å². The Morgan fingerprint density at radius 3 is 2.55 bits per heavy atom. The van der Waals surface area contributed by atoms with Crippen LogP contribution in [0.15, 0.2) is 34.9 Å². The number of methoxy groups -OCH3 is 1. The summed E-state index contributed by atoms with van der Waals surface area (Å²) in [6, 6.07) is 7.49. The predicted molar refractivity (Wildman–Crippen MR) is 74.6 cm³/mol. The molecule has 0 radical (unpaired) electrons. The summed E-state index contributed by atoms with van der Waals surface area (Å²) in [4.78, 5) is 23.3. The Labute approximate surface area is 126 Å². The lowest BCUT2D eigenvalue weighted by Gasteiger charge is -2.11. The molecule has 0 fully saturated rings. The second-order valence-electron chi connectivity index (χ2n) is 4.48. The van der Waals surface area contributed by atoms with Gasteiger partial charge in [-0.3, -0.25) is 14.8 Å². The van der Waals surface area contributed by atoms with Gasteiger partial charge in [0.2, 0.25) is 5.76 Å². The summed E-state index contributed by atoms with van der Waals surface area (Å²) < 4.78 is 9.79. The lowest BCUT2D eigenvalue weighted by Crippen LogP contribution is -2.26. The van der Waals surface area contributed by atoms with Crippen molar-refractivity contribution in [3.05, 3.63) is 47.3 Å². The summed E-state index contributed by atoms with van der Waals surface area (Å²) in [7, 11) is 1.54. The first-order valence-electron chi connectivity index (χ1n) is 6.41. The number of aromatic nitrogens is 1. The van der Waals surface area contributed by atoms with Gasteiger partial charge in [-0.1, -0.05) is 5.16 Å². The zero-order valence-corrected chi connectivity index (χ0v) is 12.0. The van der Waals surface area contributed by atoms with E-state index in [-0.39, 0.29) is 11.7 Å². The van der Waals surface area contributed by atoms with E-state index in [1.165, 1.54) is 11.5 Å². The van der Waals surface area contributed by atoms with E-state index in [9.17, 15) is 9.59 Å². The van der Waals surface area contributed by atoms with Crippen LogP contribution in [-0.2, 0) is 0 Å². The van der Waals surface area contributed by atoms with Gasteiger partial charge in [0.25, 0.3) is 5.91 Å². The van der Waals surface area contributed by atoms with Crippen molar-refractivity contribution in [3.63, 3.8) is 0 Å². The van der Waals surface area contributed by atoms with E-state index in [0.717, 1.165) is 0 Å². The minimum atomic E-state index is -0.813. The number of nitrogens with zero attached hydrogens (tertiary/aromatic N) is 1. The third-order valence-electron chi connectivity index (χ3n) is 3.00. The maximum absolute atomic E-state index is 12.1. The molecule has 2 rings (SSSR count). The van der Waals surface area contributed by atoms with Gasteiger partial charge in [-0.05, 0) is 31.2 Å². The number of rotatable bonds is 5. The number of carbonyl (C=O) groups excluding carboxylic acids is 2. The van der Waals surface area contributed by atoms with E-state index in [0.29, 0.717) is 17.0 Å². The first kappa shape index (κ1) is 15.5. The Morgan fingerprint density at radius 1 is 1.27 bits per heavy atom. The molecule has 0 aliphatic rings. The molecule has 0 saturated carbocycles. The summed E-state index contributed by atoms with van der Waals surface area (Å²) in [6.45, 7) is 1.69. The highest BCUT2D eigenvalue weighted by molar-refractivity contribution is 5.94. The SMILES string of the molecule is COc1ccc(C(=O)N[C@H](C)c2cc(C(=O)NO)on2)cc1. The molecular formula is C14H15N3O5. The van der Waals surface area contributed by atoms with Crippen LogP contribution in [0.3, 0.4) is 0 Å². The smallest absolute Gasteiger partial charge is 0.313 e. The van der Waals surface area contributed by atoms with Gasteiger partial charge in [-0.2, -0.15) is 0 Å². The number of hydrogen-bond donors (Lipinski definition) is 3. The third kappa shape index (κ3) is 3.41. The number of hydrogen-bond acceptors (Lipinski definition) is 6. The average Bonchev–Trinajstić information content (AvgIpc) is 3.04. The Kier molecular flexibility index (Phi) is 4.74. The van der Waals surface area contributed by atoms with E-state index in [1.54, 1.807) is 38.3 Å². The van der Waals surface area contributed by atoms with E-state index in [2.05, 4.69) is 10.5 Å². The highest BCUT2D eigenvalue weighted by atomic mass is 16.5. The van der Waals surface area contributed by atoms with Crippen LogP contribution in [0.5, 0.6) is 5.75 Å². The van der Waals surface area contributed by atoms with Crippen molar-refractivity contribution in [2.75, 3.05) is 7.11 Å². The number of carbonyl (C=O) groups is 2. The highest BCUT2D eigenvalue weighted by Gasteiger charge is 2.18. The molecule has 0 aliphatic heterocycles. The average molecular weight is 305 g/mol. The zero-order chi connectivity index (χ0) is 16.1. The summed E-state index contributed by atoms with van der Waals surface area (Å²) >= 11 is 0. The number of benzene rings is 1. The summed E-state index contributed by atoms with van der Waals surface area (Å²) in [5.74, 6) is -0.609. The van der Waals surface area contributed by atoms with Crippen molar-refractivity contribution >= 4 is 11.8 Å². The zero-order valence-electron chi connectivity index (χ0n) is 12.0. The van der Waals surface area contributed by atoms with Gasteiger partial charge < -0.3 is 14.6 Å². The largest absolute Gasteiger partial charge is 0.497 e. The summed E-state index contributed by atoms with van der Waals surface area (Å²) in [6.07, 6.45) is 0. The van der Waals surface area contributed by atoms with Gasteiger partial charge in [-0.15, -0.1) is 0 Å². The standard InChI is InChI=1S/C14H15N3O5/c1-8(11-7-12(22-17-11)14(19)16-20)15-13(18)9-3-5-10(21-2)6-4-9/h3-8,20H,1-2H3,(H,15,18)(H,16,19)/t8-/m1/s1. The first-order chi connectivity index (χ1) is 10.5. The molecule has 8 heteroatoms. The monoisotopic (exact) mass is 305 g/mol. The molecule has 1 atom stereocenters. The molecule has 116 valence electrons. The molecule has 0 aliphatic carbocycles. The predicted octanol–water partition coefficient (Wildman–Crippen LogP) is 1.29. The number of ether oxygens (including phenoxy) is 1. The van der Waals surface area contributed by atoms with Crippen LogP contribution in [0.1, 0.15) is 39.6 Å². The highest BCUT2D eigenvalue weighted by Crippen LogP contribution is 2.15. The van der Waals surface area contributed by atoms with Gasteiger partial charge in [-0.25, -0.2) is 5.48 Å². The van der Waals surface area contributed by atoms with Gasteiger partial charge in [0.1, 0.15) is 11.4 Å². The quantitative estimate of drug-likeness (QED) is 0.566. The minimum absolute atomic E-state index is 0.150. The maximum atomic E-state index is 12.1. The molecule has 0 spiro atoms. The molecular weight excluding hydrogens is 290 g/mol. The van der Waals surface area contributed by atoms with Crippen molar-refractivity contribution in [3.8, 4) is 5.75 Å². The Balaban J connectivity index is 2.04.